The zero-order valence-electron chi connectivity index (χ0n) is 16.3. The van der Waals surface area contributed by atoms with E-state index in [1.807, 2.05) is 61.5 Å². The van der Waals surface area contributed by atoms with Crippen molar-refractivity contribution in [3.05, 3.63) is 59.0 Å². The molecular weight excluding hydrogens is 372 g/mol. The summed E-state index contributed by atoms with van der Waals surface area (Å²) in [5.41, 5.74) is 1.68. The lowest BCUT2D eigenvalue weighted by atomic mass is 10.2. The lowest BCUT2D eigenvalue weighted by molar-refractivity contribution is -0.115. The second-order valence-corrected chi connectivity index (χ2v) is 7.69. The number of amidine groups is 1. The largest absolute Gasteiger partial charge is 0.490 e. The summed E-state index contributed by atoms with van der Waals surface area (Å²) in [5, 5.41) is 3.38. The Bertz CT molecular complexity index is 892. The average molecular weight is 397 g/mol. The smallest absolute Gasteiger partial charge is 0.264 e. The number of para-hydroxylation sites is 1. The van der Waals surface area contributed by atoms with E-state index < -0.39 is 0 Å². The summed E-state index contributed by atoms with van der Waals surface area (Å²) >= 11 is 1.32. The molecule has 2 aromatic carbocycles. The first kappa shape index (κ1) is 20.0. The first-order valence-corrected chi connectivity index (χ1v) is 10.1. The minimum Gasteiger partial charge on any atom is -0.490 e. The predicted octanol–water partition coefficient (Wildman–Crippen LogP) is 5.01. The number of aliphatic imine (C=N–C) groups is 1. The van der Waals surface area contributed by atoms with Crippen molar-refractivity contribution < 1.29 is 14.3 Å². The van der Waals surface area contributed by atoms with E-state index in [1.54, 1.807) is 0 Å². The van der Waals surface area contributed by atoms with E-state index in [0.29, 0.717) is 40.7 Å². The van der Waals surface area contributed by atoms with Crippen LogP contribution in [0.25, 0.3) is 6.08 Å². The van der Waals surface area contributed by atoms with E-state index in [2.05, 4.69) is 24.2 Å². The third kappa shape index (κ3) is 5.39. The molecule has 2 aromatic rings. The fraction of sp³-hybridized carbons (Fsp3) is 0.273. The SMILES string of the molecule is CCOc1cc(/C=C2\SC(=Nc3ccccc3)NC2=O)ccc1OCC(C)C. The van der Waals surface area contributed by atoms with Crippen molar-refractivity contribution in [3.8, 4) is 11.5 Å². The van der Waals surface area contributed by atoms with Gasteiger partial charge in [-0.15, -0.1) is 0 Å². The number of nitrogens with one attached hydrogen (secondary N) is 1. The first-order chi connectivity index (χ1) is 13.5. The monoisotopic (exact) mass is 396 g/mol. The van der Waals surface area contributed by atoms with Crippen molar-refractivity contribution in [2.75, 3.05) is 13.2 Å². The molecule has 0 unspecified atom stereocenters. The number of rotatable bonds is 7. The van der Waals surface area contributed by atoms with Crippen LogP contribution in [0.5, 0.6) is 11.5 Å². The number of amides is 1. The van der Waals surface area contributed by atoms with E-state index in [9.17, 15) is 4.79 Å². The van der Waals surface area contributed by atoms with Gasteiger partial charge in [0.2, 0.25) is 0 Å². The summed E-state index contributed by atoms with van der Waals surface area (Å²) in [6.07, 6.45) is 1.84. The molecule has 0 bridgehead atoms. The molecule has 0 atom stereocenters. The molecule has 5 nitrogen and oxygen atoms in total. The molecule has 1 saturated heterocycles. The zero-order chi connectivity index (χ0) is 19.9. The van der Waals surface area contributed by atoms with Crippen molar-refractivity contribution in [1.29, 1.82) is 0 Å². The van der Waals surface area contributed by atoms with Crippen molar-refractivity contribution in [2.45, 2.75) is 20.8 Å². The highest BCUT2D eigenvalue weighted by Crippen LogP contribution is 2.32. The van der Waals surface area contributed by atoms with Crippen LogP contribution in [0.3, 0.4) is 0 Å². The maximum atomic E-state index is 12.3. The lowest BCUT2D eigenvalue weighted by Gasteiger charge is -2.14. The van der Waals surface area contributed by atoms with Gasteiger partial charge in [-0.25, -0.2) is 4.99 Å². The van der Waals surface area contributed by atoms with E-state index in [-0.39, 0.29) is 5.91 Å². The fourth-order valence-electron chi connectivity index (χ4n) is 2.51. The van der Waals surface area contributed by atoms with Gasteiger partial charge in [-0.1, -0.05) is 38.1 Å². The van der Waals surface area contributed by atoms with Gasteiger partial charge in [0.1, 0.15) is 0 Å². The summed E-state index contributed by atoms with van der Waals surface area (Å²) in [6.45, 7) is 7.30. The molecule has 0 saturated carbocycles. The highest BCUT2D eigenvalue weighted by Gasteiger charge is 2.24. The highest BCUT2D eigenvalue weighted by molar-refractivity contribution is 8.18. The van der Waals surface area contributed by atoms with Gasteiger partial charge in [0.25, 0.3) is 5.91 Å². The van der Waals surface area contributed by atoms with Gasteiger partial charge in [-0.2, -0.15) is 0 Å². The van der Waals surface area contributed by atoms with E-state index in [0.717, 1.165) is 11.3 Å². The Morgan fingerprint density at radius 1 is 1.11 bits per heavy atom. The zero-order valence-corrected chi connectivity index (χ0v) is 17.1. The van der Waals surface area contributed by atoms with Gasteiger partial charge >= 0.3 is 0 Å². The number of hydrogen-bond donors (Lipinski definition) is 1. The van der Waals surface area contributed by atoms with Crippen molar-refractivity contribution in [2.24, 2.45) is 10.9 Å². The summed E-state index contributed by atoms with van der Waals surface area (Å²) in [7, 11) is 0. The maximum absolute atomic E-state index is 12.3. The molecule has 1 amide bonds. The number of benzene rings is 2. The molecule has 0 radical (unpaired) electrons. The van der Waals surface area contributed by atoms with Crippen LogP contribution in [0.4, 0.5) is 5.69 Å². The van der Waals surface area contributed by atoms with Crippen LogP contribution >= 0.6 is 11.8 Å². The van der Waals surface area contributed by atoms with Crippen molar-refractivity contribution in [3.63, 3.8) is 0 Å². The number of nitrogens with zero attached hydrogens (tertiary/aromatic N) is 1. The number of ether oxygens (including phenoxy) is 2. The van der Waals surface area contributed by atoms with Crippen LogP contribution in [0.15, 0.2) is 58.4 Å². The van der Waals surface area contributed by atoms with Gasteiger partial charge in [-0.05, 0) is 60.5 Å². The predicted molar refractivity (Wildman–Crippen MR) is 115 cm³/mol. The van der Waals surface area contributed by atoms with Crippen LogP contribution in [0, 0.1) is 5.92 Å². The Morgan fingerprint density at radius 3 is 2.61 bits per heavy atom. The second-order valence-electron chi connectivity index (χ2n) is 6.66. The molecule has 1 aliphatic rings. The summed E-state index contributed by atoms with van der Waals surface area (Å²) in [4.78, 5) is 17.4. The summed E-state index contributed by atoms with van der Waals surface area (Å²) in [5.74, 6) is 1.67. The molecule has 1 aliphatic heterocycles. The summed E-state index contributed by atoms with van der Waals surface area (Å²) < 4.78 is 11.5. The first-order valence-electron chi connectivity index (χ1n) is 9.29. The highest BCUT2D eigenvalue weighted by atomic mass is 32.2. The quantitative estimate of drug-likeness (QED) is 0.668. The minimum absolute atomic E-state index is 0.155. The standard InChI is InChI=1S/C22H24N2O3S/c1-4-26-19-12-16(10-11-18(19)27-14-15(2)3)13-20-21(25)24-22(28-20)23-17-8-6-5-7-9-17/h5-13,15H,4,14H2,1-3H3,(H,23,24,25)/b20-13-. The van der Waals surface area contributed by atoms with E-state index in [4.69, 9.17) is 9.47 Å². The van der Waals surface area contributed by atoms with Crippen LogP contribution in [-0.2, 0) is 4.79 Å². The van der Waals surface area contributed by atoms with Gasteiger partial charge in [0.15, 0.2) is 16.7 Å². The topological polar surface area (TPSA) is 59.9 Å². The van der Waals surface area contributed by atoms with Crippen LogP contribution in [0.1, 0.15) is 26.3 Å². The van der Waals surface area contributed by atoms with E-state index in [1.165, 1.54) is 11.8 Å². The number of carbonyl (C=O) groups excluding carboxylic acids is 1. The Kier molecular flexibility index (Phi) is 6.76. The average Bonchev–Trinajstić information content (AvgIpc) is 3.01. The normalized spacial score (nSPS) is 16.6. The third-order valence-corrected chi connectivity index (χ3v) is 4.69. The van der Waals surface area contributed by atoms with Gasteiger partial charge in [-0.3, -0.25) is 4.79 Å². The number of thioether (sulfide) groups is 1. The maximum Gasteiger partial charge on any atom is 0.264 e. The molecule has 1 heterocycles. The number of carbonyl (C=O) groups is 1. The van der Waals surface area contributed by atoms with E-state index >= 15 is 0 Å². The Morgan fingerprint density at radius 2 is 1.89 bits per heavy atom. The van der Waals surface area contributed by atoms with Crippen LogP contribution < -0.4 is 14.8 Å². The molecule has 0 spiro atoms. The lowest BCUT2D eigenvalue weighted by Crippen LogP contribution is -2.19. The Balaban J connectivity index is 1.79. The molecule has 146 valence electrons. The molecule has 1 N–H and O–H groups in total. The number of hydrogen-bond acceptors (Lipinski definition) is 5. The molecule has 6 heteroatoms. The van der Waals surface area contributed by atoms with Crippen molar-refractivity contribution >= 4 is 34.6 Å². The molecule has 28 heavy (non-hydrogen) atoms. The minimum atomic E-state index is -0.155. The Labute approximate surface area is 169 Å². The van der Waals surface area contributed by atoms with Crippen LogP contribution in [-0.4, -0.2) is 24.3 Å². The molecule has 1 fully saturated rings. The third-order valence-electron chi connectivity index (χ3n) is 3.78. The van der Waals surface area contributed by atoms with Gasteiger partial charge in [0.05, 0.1) is 23.8 Å². The fourth-order valence-corrected chi connectivity index (χ4v) is 3.35. The van der Waals surface area contributed by atoms with Gasteiger partial charge in [0, 0.05) is 0 Å². The van der Waals surface area contributed by atoms with Crippen molar-refractivity contribution in [1.82, 2.24) is 5.32 Å². The molecular formula is C22H24N2O3S. The Hall–Kier alpha value is -2.73. The molecule has 3 rings (SSSR count). The van der Waals surface area contributed by atoms with Crippen LogP contribution in [0.2, 0.25) is 0 Å². The molecule has 0 aliphatic carbocycles. The summed E-state index contributed by atoms with van der Waals surface area (Å²) in [6, 6.07) is 15.2. The molecule has 0 aromatic heterocycles. The second kappa shape index (κ2) is 9.46. The van der Waals surface area contributed by atoms with Gasteiger partial charge < -0.3 is 14.8 Å².